The molecule has 18 heavy (non-hydrogen) atoms. The number of nitrogens with one attached hydrogen (secondary N) is 1. The standard InChI is InChI=1S/C12H10I2N2O2/c1-15-12(18)7-6-8(13)10(9(14)11(7)17)16-4-2-3-5-16/h2-6,17H,1H3,(H,15,18). The minimum Gasteiger partial charge on any atom is -0.506 e. The van der Waals surface area contributed by atoms with Crippen LogP contribution in [-0.2, 0) is 0 Å². The number of hydrogen-bond donors (Lipinski definition) is 2. The van der Waals surface area contributed by atoms with Crippen molar-refractivity contribution in [1.29, 1.82) is 0 Å². The molecule has 0 saturated heterocycles. The predicted molar refractivity (Wildman–Crippen MR) is 86.3 cm³/mol. The van der Waals surface area contributed by atoms with Crippen LogP contribution in [0.5, 0.6) is 5.75 Å². The maximum Gasteiger partial charge on any atom is 0.254 e. The Kier molecular flexibility index (Phi) is 4.15. The number of carbonyl (C=O) groups is 1. The molecular formula is C12H10I2N2O2. The van der Waals surface area contributed by atoms with Crippen molar-refractivity contribution in [3.63, 3.8) is 0 Å². The Hall–Kier alpha value is -0.770. The molecule has 1 aromatic carbocycles. The molecule has 0 radical (unpaired) electrons. The first-order valence-electron chi connectivity index (χ1n) is 5.12. The molecule has 0 atom stereocenters. The fourth-order valence-electron chi connectivity index (χ4n) is 1.63. The zero-order chi connectivity index (χ0) is 13.3. The topological polar surface area (TPSA) is 54.3 Å². The summed E-state index contributed by atoms with van der Waals surface area (Å²) in [6.07, 6.45) is 3.80. The van der Waals surface area contributed by atoms with Gasteiger partial charge in [-0.2, -0.15) is 0 Å². The second-order valence-electron chi connectivity index (χ2n) is 3.59. The predicted octanol–water partition coefficient (Wildman–Crippen LogP) is 2.75. The summed E-state index contributed by atoms with van der Waals surface area (Å²) in [5, 5.41) is 12.6. The van der Waals surface area contributed by atoms with Crippen molar-refractivity contribution in [3.05, 3.63) is 43.3 Å². The summed E-state index contributed by atoms with van der Waals surface area (Å²) in [6, 6.07) is 5.51. The van der Waals surface area contributed by atoms with Crippen LogP contribution in [-0.4, -0.2) is 22.6 Å². The van der Waals surface area contributed by atoms with Gasteiger partial charge in [0.25, 0.3) is 5.91 Å². The maximum absolute atomic E-state index is 11.7. The van der Waals surface area contributed by atoms with E-state index in [4.69, 9.17) is 0 Å². The van der Waals surface area contributed by atoms with E-state index in [1.807, 2.05) is 29.1 Å². The fourth-order valence-corrected chi connectivity index (χ4v) is 3.86. The highest BCUT2D eigenvalue weighted by atomic mass is 127. The van der Waals surface area contributed by atoms with Crippen molar-refractivity contribution in [2.45, 2.75) is 0 Å². The summed E-state index contributed by atoms with van der Waals surface area (Å²) >= 11 is 4.21. The second kappa shape index (κ2) is 5.47. The lowest BCUT2D eigenvalue weighted by molar-refractivity contribution is 0.0960. The highest BCUT2D eigenvalue weighted by molar-refractivity contribution is 14.1. The lowest BCUT2D eigenvalue weighted by atomic mass is 10.1. The van der Waals surface area contributed by atoms with E-state index >= 15 is 0 Å². The average Bonchev–Trinajstić information content (AvgIpc) is 2.86. The second-order valence-corrected chi connectivity index (χ2v) is 5.83. The van der Waals surface area contributed by atoms with Crippen molar-refractivity contribution >= 4 is 51.1 Å². The highest BCUT2D eigenvalue weighted by Gasteiger charge is 2.19. The summed E-state index contributed by atoms with van der Waals surface area (Å²) in [4.78, 5) is 11.7. The minimum atomic E-state index is -0.289. The Morgan fingerprint density at radius 3 is 2.50 bits per heavy atom. The number of carbonyl (C=O) groups excluding carboxylic acids is 1. The van der Waals surface area contributed by atoms with E-state index in [0.29, 0.717) is 9.13 Å². The minimum absolute atomic E-state index is 0.0130. The first-order valence-corrected chi connectivity index (χ1v) is 7.28. The summed E-state index contributed by atoms with van der Waals surface area (Å²) in [5.41, 5.74) is 1.17. The van der Waals surface area contributed by atoms with E-state index in [1.54, 1.807) is 13.1 Å². The number of halogens is 2. The molecule has 0 fully saturated rings. The third kappa shape index (κ3) is 2.35. The first kappa shape index (κ1) is 13.7. The quantitative estimate of drug-likeness (QED) is 0.667. The third-order valence-corrected chi connectivity index (χ3v) is 4.35. The number of aromatic hydroxyl groups is 1. The molecule has 0 spiro atoms. The van der Waals surface area contributed by atoms with E-state index in [0.717, 1.165) is 9.26 Å². The molecule has 1 heterocycles. The zero-order valence-electron chi connectivity index (χ0n) is 9.45. The van der Waals surface area contributed by atoms with Crippen LogP contribution in [0.2, 0.25) is 0 Å². The van der Waals surface area contributed by atoms with Gasteiger partial charge in [-0.15, -0.1) is 0 Å². The molecular weight excluding hydrogens is 458 g/mol. The van der Waals surface area contributed by atoms with Crippen LogP contribution >= 0.6 is 45.2 Å². The van der Waals surface area contributed by atoms with Gasteiger partial charge < -0.3 is 15.0 Å². The smallest absolute Gasteiger partial charge is 0.254 e. The van der Waals surface area contributed by atoms with E-state index < -0.39 is 0 Å². The molecule has 0 unspecified atom stereocenters. The number of phenols is 1. The Labute approximate surface area is 132 Å². The molecule has 94 valence electrons. The van der Waals surface area contributed by atoms with Crippen LogP contribution in [0.4, 0.5) is 0 Å². The van der Waals surface area contributed by atoms with E-state index in [1.165, 1.54) is 0 Å². The van der Waals surface area contributed by atoms with Gasteiger partial charge in [-0.25, -0.2) is 0 Å². The SMILES string of the molecule is CNC(=O)c1cc(I)c(-n2cccc2)c(I)c1O. The molecule has 1 amide bonds. The average molecular weight is 468 g/mol. The molecule has 6 heteroatoms. The number of rotatable bonds is 2. The van der Waals surface area contributed by atoms with Gasteiger partial charge in [0, 0.05) is 23.0 Å². The molecule has 2 aromatic rings. The van der Waals surface area contributed by atoms with Crippen molar-refractivity contribution in [2.75, 3.05) is 7.05 Å². The lowest BCUT2D eigenvalue weighted by Crippen LogP contribution is -2.19. The number of hydrogen-bond acceptors (Lipinski definition) is 2. The van der Waals surface area contributed by atoms with Gasteiger partial charge in [0.2, 0.25) is 0 Å². The normalized spacial score (nSPS) is 10.4. The molecule has 0 aliphatic heterocycles. The Bertz CT molecular complexity index is 595. The van der Waals surface area contributed by atoms with Gasteiger partial charge in [-0.1, -0.05) is 0 Å². The molecule has 4 nitrogen and oxygen atoms in total. The Morgan fingerprint density at radius 2 is 1.94 bits per heavy atom. The van der Waals surface area contributed by atoms with Gasteiger partial charge >= 0.3 is 0 Å². The zero-order valence-corrected chi connectivity index (χ0v) is 13.8. The summed E-state index contributed by atoms with van der Waals surface area (Å²) in [5.74, 6) is -0.276. The van der Waals surface area contributed by atoms with Gasteiger partial charge in [0.05, 0.1) is 14.8 Å². The summed E-state index contributed by atoms with van der Waals surface area (Å²) < 4.78 is 3.48. The number of benzene rings is 1. The van der Waals surface area contributed by atoms with Gasteiger partial charge in [-0.3, -0.25) is 4.79 Å². The molecule has 0 saturated carbocycles. The number of aromatic nitrogens is 1. The van der Waals surface area contributed by atoms with Crippen LogP contribution in [0, 0.1) is 7.14 Å². The van der Waals surface area contributed by atoms with Crippen LogP contribution < -0.4 is 5.32 Å². The van der Waals surface area contributed by atoms with E-state index in [9.17, 15) is 9.90 Å². The Morgan fingerprint density at radius 1 is 1.33 bits per heavy atom. The molecule has 0 aliphatic carbocycles. The first-order chi connectivity index (χ1) is 8.56. The fraction of sp³-hybridized carbons (Fsp3) is 0.0833. The molecule has 2 N–H and O–H groups in total. The molecule has 0 aliphatic rings. The van der Waals surface area contributed by atoms with Gasteiger partial charge in [0.1, 0.15) is 5.75 Å². The van der Waals surface area contributed by atoms with Crippen LogP contribution in [0.1, 0.15) is 10.4 Å². The monoisotopic (exact) mass is 468 g/mol. The molecule has 2 rings (SSSR count). The van der Waals surface area contributed by atoms with Crippen molar-refractivity contribution in [3.8, 4) is 11.4 Å². The largest absolute Gasteiger partial charge is 0.506 e. The lowest BCUT2D eigenvalue weighted by Gasteiger charge is -2.13. The van der Waals surface area contributed by atoms with Crippen molar-refractivity contribution < 1.29 is 9.90 Å². The summed E-state index contributed by atoms with van der Waals surface area (Å²) in [7, 11) is 1.54. The highest BCUT2D eigenvalue weighted by Crippen LogP contribution is 2.34. The number of amides is 1. The van der Waals surface area contributed by atoms with Gasteiger partial charge in [0.15, 0.2) is 0 Å². The Balaban J connectivity index is 2.66. The van der Waals surface area contributed by atoms with Gasteiger partial charge in [-0.05, 0) is 63.4 Å². The third-order valence-electron chi connectivity index (χ3n) is 2.50. The molecule has 1 aromatic heterocycles. The van der Waals surface area contributed by atoms with Crippen LogP contribution in [0.25, 0.3) is 5.69 Å². The van der Waals surface area contributed by atoms with Crippen LogP contribution in [0.15, 0.2) is 30.6 Å². The maximum atomic E-state index is 11.7. The van der Waals surface area contributed by atoms with E-state index in [-0.39, 0.29) is 11.7 Å². The van der Waals surface area contributed by atoms with Crippen molar-refractivity contribution in [2.24, 2.45) is 0 Å². The number of nitrogens with zero attached hydrogens (tertiary/aromatic N) is 1. The number of phenolic OH excluding ortho intramolecular Hbond substituents is 1. The van der Waals surface area contributed by atoms with Crippen LogP contribution in [0.3, 0.4) is 0 Å². The van der Waals surface area contributed by atoms with E-state index in [2.05, 4.69) is 50.5 Å². The molecule has 0 bridgehead atoms. The van der Waals surface area contributed by atoms with Crippen molar-refractivity contribution in [1.82, 2.24) is 9.88 Å². The summed E-state index contributed by atoms with van der Waals surface area (Å²) in [6.45, 7) is 0.